The van der Waals surface area contributed by atoms with Crippen LogP contribution in [0.15, 0.2) is 6.20 Å². The predicted molar refractivity (Wildman–Crippen MR) is 70.4 cm³/mol. The first-order chi connectivity index (χ1) is 8.58. The molecular formula is C12H21N5O. The molecule has 0 aromatic carbocycles. The van der Waals surface area contributed by atoms with E-state index in [1.807, 2.05) is 32.2 Å². The number of nitrogens with one attached hydrogen (secondary N) is 2. The summed E-state index contributed by atoms with van der Waals surface area (Å²) in [6.07, 6.45) is 3.42. The second kappa shape index (κ2) is 5.39. The van der Waals surface area contributed by atoms with E-state index in [-0.39, 0.29) is 5.91 Å². The number of nitrogens with zero attached hydrogens (tertiary/aromatic N) is 3. The third-order valence-electron chi connectivity index (χ3n) is 3.30. The van der Waals surface area contributed by atoms with Crippen molar-refractivity contribution in [1.82, 2.24) is 20.2 Å². The molecule has 1 atom stereocenters. The largest absolute Gasteiger partial charge is 0.355 e. The molecule has 1 aromatic heterocycles. The number of hydrogen-bond donors (Lipinski definition) is 2. The molecule has 1 unspecified atom stereocenters. The Kier molecular flexibility index (Phi) is 3.86. The lowest BCUT2D eigenvalue weighted by atomic mass is 10.1. The summed E-state index contributed by atoms with van der Waals surface area (Å²) in [5.74, 6) is 1.10. The number of aromatic nitrogens is 2. The Morgan fingerprint density at radius 2 is 2.39 bits per heavy atom. The number of carbonyl (C=O) groups excluding carboxylic acids is 1. The van der Waals surface area contributed by atoms with Crippen LogP contribution in [0.5, 0.6) is 0 Å². The first kappa shape index (κ1) is 12.9. The Morgan fingerprint density at radius 3 is 2.94 bits per heavy atom. The zero-order chi connectivity index (χ0) is 13.1. The summed E-state index contributed by atoms with van der Waals surface area (Å²) in [5.41, 5.74) is 1.15. The monoisotopic (exact) mass is 251 g/mol. The number of anilines is 1. The molecule has 18 heavy (non-hydrogen) atoms. The van der Waals surface area contributed by atoms with E-state index in [2.05, 4.69) is 20.2 Å². The summed E-state index contributed by atoms with van der Waals surface area (Å²) < 4.78 is 2.08. The van der Waals surface area contributed by atoms with Crippen LogP contribution in [0, 0.1) is 0 Å². The zero-order valence-corrected chi connectivity index (χ0v) is 11.2. The minimum Gasteiger partial charge on any atom is -0.355 e. The van der Waals surface area contributed by atoms with Gasteiger partial charge in [-0.15, -0.1) is 0 Å². The first-order valence-corrected chi connectivity index (χ1v) is 6.26. The average Bonchev–Trinajstić information content (AvgIpc) is 2.70. The summed E-state index contributed by atoms with van der Waals surface area (Å²) in [4.78, 5) is 17.4. The molecule has 0 bridgehead atoms. The van der Waals surface area contributed by atoms with Crippen molar-refractivity contribution in [2.45, 2.75) is 25.4 Å². The van der Waals surface area contributed by atoms with Gasteiger partial charge in [0.25, 0.3) is 0 Å². The fourth-order valence-electron chi connectivity index (χ4n) is 2.17. The van der Waals surface area contributed by atoms with Crippen LogP contribution < -0.4 is 15.5 Å². The Labute approximate surface area is 107 Å². The maximum Gasteiger partial charge on any atom is 0.220 e. The van der Waals surface area contributed by atoms with Crippen LogP contribution in [0.4, 0.5) is 5.95 Å². The molecule has 2 rings (SSSR count). The number of hydrogen-bond acceptors (Lipinski definition) is 4. The van der Waals surface area contributed by atoms with Gasteiger partial charge in [0, 0.05) is 46.7 Å². The summed E-state index contributed by atoms with van der Waals surface area (Å²) in [6, 6.07) is 0.361. The lowest BCUT2D eigenvalue weighted by Crippen LogP contribution is -2.45. The van der Waals surface area contributed by atoms with E-state index in [0.717, 1.165) is 31.2 Å². The summed E-state index contributed by atoms with van der Waals surface area (Å²) >= 11 is 0. The van der Waals surface area contributed by atoms with Crippen LogP contribution in [0.2, 0.25) is 0 Å². The highest BCUT2D eigenvalue weighted by Crippen LogP contribution is 2.11. The Bertz CT molecular complexity index is 416. The number of piperidine rings is 1. The molecule has 1 amide bonds. The van der Waals surface area contributed by atoms with Crippen LogP contribution in [0.25, 0.3) is 0 Å². The standard InChI is InChI=1S/C12H21N5O/c1-16(2)12-15-8-10(17(12)3)7-13-9-4-5-11(18)14-6-9/h8-9,13H,4-7H2,1-3H3,(H,14,18). The van der Waals surface area contributed by atoms with Crippen LogP contribution in [-0.2, 0) is 18.4 Å². The quantitative estimate of drug-likeness (QED) is 0.781. The lowest BCUT2D eigenvalue weighted by Gasteiger charge is -2.23. The Balaban J connectivity index is 1.88. The van der Waals surface area contributed by atoms with Crippen molar-refractivity contribution < 1.29 is 4.79 Å². The smallest absolute Gasteiger partial charge is 0.220 e. The zero-order valence-electron chi connectivity index (χ0n) is 11.2. The van der Waals surface area contributed by atoms with Gasteiger partial charge in [-0.25, -0.2) is 4.98 Å². The molecule has 2 heterocycles. The number of carbonyl (C=O) groups is 1. The van der Waals surface area contributed by atoms with Crippen LogP contribution >= 0.6 is 0 Å². The molecule has 6 nitrogen and oxygen atoms in total. The minimum absolute atomic E-state index is 0.156. The van der Waals surface area contributed by atoms with Gasteiger partial charge in [-0.05, 0) is 6.42 Å². The number of amides is 1. The van der Waals surface area contributed by atoms with Gasteiger partial charge in [0.05, 0.1) is 11.9 Å². The SMILES string of the molecule is CN(C)c1ncc(CNC2CCC(=O)NC2)n1C. The van der Waals surface area contributed by atoms with Crippen molar-refractivity contribution in [2.24, 2.45) is 7.05 Å². The van der Waals surface area contributed by atoms with E-state index >= 15 is 0 Å². The molecule has 1 aliphatic rings. The van der Waals surface area contributed by atoms with E-state index < -0.39 is 0 Å². The van der Waals surface area contributed by atoms with Gasteiger partial charge in [0.2, 0.25) is 11.9 Å². The summed E-state index contributed by atoms with van der Waals surface area (Å²) in [5, 5.41) is 6.33. The van der Waals surface area contributed by atoms with Crippen LogP contribution in [0.3, 0.4) is 0 Å². The third-order valence-corrected chi connectivity index (χ3v) is 3.30. The average molecular weight is 251 g/mol. The molecule has 2 N–H and O–H groups in total. The Hall–Kier alpha value is -1.56. The predicted octanol–water partition coefficient (Wildman–Crippen LogP) is -0.146. The van der Waals surface area contributed by atoms with Crippen molar-refractivity contribution in [3.05, 3.63) is 11.9 Å². The minimum atomic E-state index is 0.156. The van der Waals surface area contributed by atoms with Gasteiger partial charge >= 0.3 is 0 Å². The normalized spacial score (nSPS) is 19.7. The second-order valence-electron chi connectivity index (χ2n) is 4.92. The van der Waals surface area contributed by atoms with Gasteiger partial charge in [0.15, 0.2) is 0 Å². The summed E-state index contributed by atoms with van der Waals surface area (Å²) in [7, 11) is 5.98. The molecule has 1 fully saturated rings. The van der Waals surface area contributed by atoms with Crippen molar-refractivity contribution in [3.8, 4) is 0 Å². The van der Waals surface area contributed by atoms with Crippen molar-refractivity contribution >= 4 is 11.9 Å². The molecule has 1 aromatic rings. The Morgan fingerprint density at radius 1 is 1.61 bits per heavy atom. The maximum atomic E-state index is 11.1. The van der Waals surface area contributed by atoms with Gasteiger partial charge < -0.3 is 20.1 Å². The fourth-order valence-corrected chi connectivity index (χ4v) is 2.17. The van der Waals surface area contributed by atoms with Crippen LogP contribution in [-0.4, -0.2) is 42.1 Å². The van der Waals surface area contributed by atoms with E-state index in [1.165, 1.54) is 0 Å². The molecule has 0 radical (unpaired) electrons. The number of rotatable bonds is 4. The molecule has 6 heteroatoms. The first-order valence-electron chi connectivity index (χ1n) is 6.26. The van der Waals surface area contributed by atoms with E-state index in [1.54, 1.807) is 0 Å². The number of imidazole rings is 1. The highest BCUT2D eigenvalue weighted by Gasteiger charge is 2.17. The molecule has 0 saturated carbocycles. The lowest BCUT2D eigenvalue weighted by molar-refractivity contribution is -0.122. The van der Waals surface area contributed by atoms with Crippen molar-refractivity contribution in [3.63, 3.8) is 0 Å². The molecule has 0 spiro atoms. The van der Waals surface area contributed by atoms with E-state index in [9.17, 15) is 4.79 Å². The van der Waals surface area contributed by atoms with Crippen LogP contribution in [0.1, 0.15) is 18.5 Å². The summed E-state index contributed by atoms with van der Waals surface area (Å²) in [6.45, 7) is 1.50. The molecule has 1 aliphatic heterocycles. The van der Waals surface area contributed by atoms with Gasteiger partial charge in [-0.1, -0.05) is 0 Å². The van der Waals surface area contributed by atoms with Gasteiger partial charge in [0.1, 0.15) is 0 Å². The third kappa shape index (κ3) is 2.81. The highest BCUT2D eigenvalue weighted by atomic mass is 16.1. The van der Waals surface area contributed by atoms with Crippen molar-refractivity contribution in [1.29, 1.82) is 0 Å². The van der Waals surface area contributed by atoms with E-state index in [0.29, 0.717) is 12.5 Å². The highest BCUT2D eigenvalue weighted by molar-refractivity contribution is 5.76. The van der Waals surface area contributed by atoms with Gasteiger partial charge in [-0.2, -0.15) is 0 Å². The fraction of sp³-hybridized carbons (Fsp3) is 0.667. The van der Waals surface area contributed by atoms with E-state index in [4.69, 9.17) is 0 Å². The molecular weight excluding hydrogens is 230 g/mol. The van der Waals surface area contributed by atoms with Crippen molar-refractivity contribution in [2.75, 3.05) is 25.5 Å². The topological polar surface area (TPSA) is 62.2 Å². The second-order valence-corrected chi connectivity index (χ2v) is 4.92. The maximum absolute atomic E-state index is 11.1. The van der Waals surface area contributed by atoms with Gasteiger partial charge in [-0.3, -0.25) is 4.79 Å². The molecule has 1 saturated heterocycles. The molecule has 0 aliphatic carbocycles. The molecule has 100 valence electrons.